The first-order valence-electron chi connectivity index (χ1n) is 6.62. The average molecular weight is 247 g/mol. The Morgan fingerprint density at radius 1 is 1.61 bits per heavy atom. The molecule has 1 amide bonds. The van der Waals surface area contributed by atoms with Crippen LogP contribution < -0.4 is 10.6 Å². The molecule has 3 unspecified atom stereocenters. The van der Waals surface area contributed by atoms with Gasteiger partial charge in [0, 0.05) is 24.5 Å². The molecule has 0 aliphatic carbocycles. The Morgan fingerprint density at radius 2 is 2.44 bits per heavy atom. The van der Waals surface area contributed by atoms with Crippen LogP contribution in [0.3, 0.4) is 0 Å². The summed E-state index contributed by atoms with van der Waals surface area (Å²) in [5.41, 5.74) is 0.964. The van der Waals surface area contributed by atoms with Gasteiger partial charge in [-0.1, -0.05) is 6.07 Å². The summed E-state index contributed by atoms with van der Waals surface area (Å²) in [5.74, 6) is -0.0589. The van der Waals surface area contributed by atoms with Crippen LogP contribution in [0.5, 0.6) is 0 Å². The fourth-order valence-electron chi connectivity index (χ4n) is 2.33. The maximum Gasteiger partial charge on any atom is 0.227 e. The number of carbonyl (C=O) groups is 1. The van der Waals surface area contributed by atoms with Crippen LogP contribution in [0.1, 0.15) is 38.2 Å². The first-order chi connectivity index (χ1) is 8.68. The van der Waals surface area contributed by atoms with E-state index in [1.54, 1.807) is 12.4 Å². The Bertz CT molecular complexity index is 393. The van der Waals surface area contributed by atoms with Gasteiger partial charge < -0.3 is 10.6 Å². The van der Waals surface area contributed by atoms with Crippen LogP contribution in [0.25, 0.3) is 0 Å². The fraction of sp³-hybridized carbons (Fsp3) is 0.571. The third kappa shape index (κ3) is 3.07. The molecular weight excluding hydrogens is 226 g/mol. The molecule has 0 radical (unpaired) electrons. The lowest BCUT2D eigenvalue weighted by molar-refractivity contribution is -0.123. The minimum atomic E-state index is -0.146. The lowest BCUT2D eigenvalue weighted by atomic mass is 9.97. The predicted octanol–water partition coefficient (Wildman–Crippen LogP) is 1.44. The smallest absolute Gasteiger partial charge is 0.227 e. The maximum atomic E-state index is 12.2. The largest absolute Gasteiger partial charge is 0.351 e. The molecule has 1 aliphatic heterocycles. The topological polar surface area (TPSA) is 54.0 Å². The van der Waals surface area contributed by atoms with E-state index in [4.69, 9.17) is 0 Å². The number of carbonyl (C=O) groups excluding carboxylic acids is 1. The van der Waals surface area contributed by atoms with Crippen molar-refractivity contribution in [2.24, 2.45) is 0 Å². The zero-order chi connectivity index (χ0) is 13.0. The van der Waals surface area contributed by atoms with E-state index < -0.39 is 0 Å². The van der Waals surface area contributed by atoms with Crippen molar-refractivity contribution in [1.82, 2.24) is 15.6 Å². The number of aromatic nitrogens is 1. The molecule has 0 bridgehead atoms. The minimum absolute atomic E-state index is 0.0866. The number of pyridine rings is 1. The van der Waals surface area contributed by atoms with Gasteiger partial charge >= 0.3 is 0 Å². The van der Waals surface area contributed by atoms with Gasteiger partial charge in [0.15, 0.2) is 0 Å². The Morgan fingerprint density at radius 3 is 3.11 bits per heavy atom. The van der Waals surface area contributed by atoms with Crippen molar-refractivity contribution in [2.75, 3.05) is 6.54 Å². The highest BCUT2D eigenvalue weighted by Gasteiger charge is 2.24. The third-order valence-electron chi connectivity index (χ3n) is 3.67. The van der Waals surface area contributed by atoms with E-state index >= 15 is 0 Å². The van der Waals surface area contributed by atoms with Gasteiger partial charge in [-0.2, -0.15) is 0 Å². The second-order valence-electron chi connectivity index (χ2n) is 5.01. The quantitative estimate of drug-likeness (QED) is 0.850. The van der Waals surface area contributed by atoms with Gasteiger partial charge in [-0.25, -0.2) is 0 Å². The van der Waals surface area contributed by atoms with Gasteiger partial charge in [0.1, 0.15) is 0 Å². The molecule has 2 rings (SSSR count). The van der Waals surface area contributed by atoms with Crippen LogP contribution in [-0.2, 0) is 4.79 Å². The number of hydrogen-bond donors (Lipinski definition) is 2. The number of nitrogens with zero attached hydrogens (tertiary/aromatic N) is 1. The van der Waals surface area contributed by atoms with Crippen LogP contribution in [0.4, 0.5) is 0 Å². The number of rotatable bonds is 3. The molecule has 1 aromatic heterocycles. The molecule has 1 fully saturated rings. The molecule has 3 atom stereocenters. The van der Waals surface area contributed by atoms with Gasteiger partial charge in [0.2, 0.25) is 5.91 Å². The van der Waals surface area contributed by atoms with Gasteiger partial charge in [0.05, 0.1) is 5.92 Å². The molecule has 18 heavy (non-hydrogen) atoms. The third-order valence-corrected chi connectivity index (χ3v) is 3.67. The van der Waals surface area contributed by atoms with Crippen LogP contribution >= 0.6 is 0 Å². The first-order valence-corrected chi connectivity index (χ1v) is 6.62. The predicted molar refractivity (Wildman–Crippen MR) is 71.3 cm³/mol. The van der Waals surface area contributed by atoms with Gasteiger partial charge in [-0.15, -0.1) is 0 Å². The van der Waals surface area contributed by atoms with Crippen molar-refractivity contribution in [2.45, 2.75) is 44.7 Å². The average Bonchev–Trinajstić information content (AvgIpc) is 2.41. The van der Waals surface area contributed by atoms with Crippen LogP contribution in [-0.4, -0.2) is 29.5 Å². The number of nitrogens with one attached hydrogen (secondary N) is 2. The van der Waals surface area contributed by atoms with E-state index in [1.165, 1.54) is 0 Å². The standard InChI is InChI=1S/C14H21N3O/c1-10(12-5-3-7-15-9-12)14(18)17-13-6-4-8-16-11(13)2/h3,5,7,9-11,13,16H,4,6,8H2,1-2H3,(H,17,18). The monoisotopic (exact) mass is 247 g/mol. The summed E-state index contributed by atoms with van der Waals surface area (Å²) in [6.45, 7) is 5.10. The molecule has 0 saturated carbocycles. The highest BCUT2D eigenvalue weighted by Crippen LogP contribution is 2.15. The van der Waals surface area contributed by atoms with E-state index in [2.05, 4.69) is 22.5 Å². The maximum absolute atomic E-state index is 12.2. The van der Waals surface area contributed by atoms with Gasteiger partial charge in [-0.05, 0) is 44.9 Å². The molecule has 0 spiro atoms. The van der Waals surface area contributed by atoms with Gasteiger partial charge in [-0.3, -0.25) is 9.78 Å². The van der Waals surface area contributed by atoms with Crippen LogP contribution in [0.2, 0.25) is 0 Å². The lowest BCUT2D eigenvalue weighted by Gasteiger charge is -2.31. The zero-order valence-electron chi connectivity index (χ0n) is 11.0. The minimum Gasteiger partial charge on any atom is -0.351 e. The van der Waals surface area contributed by atoms with E-state index in [0.717, 1.165) is 24.9 Å². The Labute approximate surface area is 108 Å². The van der Waals surface area contributed by atoms with Crippen LogP contribution in [0.15, 0.2) is 24.5 Å². The van der Waals surface area contributed by atoms with Crippen LogP contribution in [0, 0.1) is 0 Å². The zero-order valence-corrected chi connectivity index (χ0v) is 11.0. The summed E-state index contributed by atoms with van der Waals surface area (Å²) in [5, 5.41) is 6.53. The molecule has 2 heterocycles. The highest BCUT2D eigenvalue weighted by molar-refractivity contribution is 5.83. The SMILES string of the molecule is CC(C(=O)NC1CCCNC1C)c1cccnc1. The number of piperidine rings is 1. The van der Waals surface area contributed by atoms with Crippen molar-refractivity contribution in [1.29, 1.82) is 0 Å². The highest BCUT2D eigenvalue weighted by atomic mass is 16.1. The Hall–Kier alpha value is -1.42. The molecule has 1 aromatic rings. The fourth-order valence-corrected chi connectivity index (χ4v) is 2.33. The number of hydrogen-bond acceptors (Lipinski definition) is 3. The Kier molecular flexibility index (Phi) is 4.31. The van der Waals surface area contributed by atoms with E-state index in [9.17, 15) is 4.79 Å². The second kappa shape index (κ2) is 5.96. The second-order valence-corrected chi connectivity index (χ2v) is 5.01. The van der Waals surface area contributed by atoms with E-state index in [1.807, 2.05) is 19.1 Å². The molecule has 1 saturated heterocycles. The molecule has 98 valence electrons. The number of amides is 1. The summed E-state index contributed by atoms with van der Waals surface area (Å²) in [4.78, 5) is 16.2. The molecule has 1 aliphatic rings. The summed E-state index contributed by atoms with van der Waals surface area (Å²) >= 11 is 0. The summed E-state index contributed by atoms with van der Waals surface area (Å²) < 4.78 is 0. The van der Waals surface area contributed by atoms with Crippen molar-refractivity contribution >= 4 is 5.91 Å². The van der Waals surface area contributed by atoms with E-state index in [-0.39, 0.29) is 17.9 Å². The molecule has 2 N–H and O–H groups in total. The molecular formula is C14H21N3O. The summed E-state index contributed by atoms with van der Waals surface area (Å²) in [6.07, 6.45) is 5.66. The molecule has 4 nitrogen and oxygen atoms in total. The lowest BCUT2D eigenvalue weighted by Crippen LogP contribution is -2.52. The normalized spacial score (nSPS) is 25.4. The van der Waals surface area contributed by atoms with Crippen molar-refractivity contribution < 1.29 is 4.79 Å². The van der Waals surface area contributed by atoms with Crippen molar-refractivity contribution in [3.8, 4) is 0 Å². The van der Waals surface area contributed by atoms with Crippen molar-refractivity contribution in [3.05, 3.63) is 30.1 Å². The van der Waals surface area contributed by atoms with Crippen molar-refractivity contribution in [3.63, 3.8) is 0 Å². The molecule has 0 aromatic carbocycles. The van der Waals surface area contributed by atoms with E-state index in [0.29, 0.717) is 6.04 Å². The van der Waals surface area contributed by atoms with Gasteiger partial charge in [0.25, 0.3) is 0 Å². The molecule has 4 heteroatoms. The Balaban J connectivity index is 1.95. The summed E-state index contributed by atoms with van der Waals surface area (Å²) in [6, 6.07) is 4.40. The summed E-state index contributed by atoms with van der Waals surface area (Å²) in [7, 11) is 0. The first kappa shape index (κ1) is 13.0.